The average Bonchev–Trinajstić information content (AvgIpc) is 2.38. The van der Waals surface area contributed by atoms with E-state index in [9.17, 15) is 4.79 Å². The van der Waals surface area contributed by atoms with Crippen molar-refractivity contribution in [1.29, 1.82) is 0 Å². The number of amides is 1. The van der Waals surface area contributed by atoms with Crippen LogP contribution >= 0.6 is 0 Å². The maximum atomic E-state index is 12.5. The Kier molecular flexibility index (Phi) is 4.10. The Labute approximate surface area is 115 Å². The van der Waals surface area contributed by atoms with E-state index in [1.54, 1.807) is 6.07 Å². The summed E-state index contributed by atoms with van der Waals surface area (Å²) in [5.74, 6) is 0.104. The summed E-state index contributed by atoms with van der Waals surface area (Å²) in [6.07, 6.45) is 2.10. The topological polar surface area (TPSA) is 49.6 Å². The molecule has 0 unspecified atom stereocenters. The fraction of sp³-hybridized carbons (Fsp3) is 0.533. The molecule has 1 heterocycles. The van der Waals surface area contributed by atoms with Gasteiger partial charge in [-0.1, -0.05) is 0 Å². The van der Waals surface area contributed by atoms with Crippen LogP contribution in [0.4, 0.5) is 5.69 Å². The van der Waals surface area contributed by atoms with Gasteiger partial charge < -0.3 is 15.5 Å². The molecule has 1 aromatic rings. The number of hydrogen-bond donors (Lipinski definition) is 1. The smallest absolute Gasteiger partial charge is 0.254 e. The monoisotopic (exact) mass is 261 g/mol. The van der Waals surface area contributed by atoms with Gasteiger partial charge in [-0.3, -0.25) is 4.79 Å². The first kappa shape index (κ1) is 13.9. The van der Waals surface area contributed by atoms with E-state index in [1.807, 2.05) is 31.0 Å². The van der Waals surface area contributed by atoms with Crippen molar-refractivity contribution in [3.63, 3.8) is 0 Å². The number of piperidine rings is 1. The van der Waals surface area contributed by atoms with Crippen LogP contribution in [0, 0.1) is 6.92 Å². The lowest BCUT2D eigenvalue weighted by Crippen LogP contribution is -2.44. The fourth-order valence-corrected chi connectivity index (χ4v) is 2.66. The summed E-state index contributed by atoms with van der Waals surface area (Å²) < 4.78 is 0. The number of carbonyl (C=O) groups excluding carboxylic acids is 1. The molecule has 0 aliphatic carbocycles. The van der Waals surface area contributed by atoms with Crippen molar-refractivity contribution in [2.24, 2.45) is 0 Å². The van der Waals surface area contributed by atoms with E-state index in [2.05, 4.69) is 11.9 Å². The Hall–Kier alpha value is -1.55. The van der Waals surface area contributed by atoms with Crippen LogP contribution in [0.1, 0.15) is 28.8 Å². The second kappa shape index (κ2) is 5.61. The lowest BCUT2D eigenvalue weighted by molar-refractivity contribution is 0.0659. The van der Waals surface area contributed by atoms with Crippen LogP contribution in [0.15, 0.2) is 18.2 Å². The lowest BCUT2D eigenvalue weighted by Gasteiger charge is -2.35. The number of benzene rings is 1. The molecule has 4 heteroatoms. The van der Waals surface area contributed by atoms with Crippen molar-refractivity contribution in [3.05, 3.63) is 29.3 Å². The van der Waals surface area contributed by atoms with E-state index in [1.165, 1.54) is 0 Å². The third kappa shape index (κ3) is 3.07. The normalized spacial score (nSPS) is 17.4. The molecule has 2 N–H and O–H groups in total. The minimum absolute atomic E-state index is 0.104. The van der Waals surface area contributed by atoms with Gasteiger partial charge in [0.15, 0.2) is 0 Å². The Morgan fingerprint density at radius 2 is 2.00 bits per heavy atom. The number of carbonyl (C=O) groups is 1. The summed E-state index contributed by atoms with van der Waals surface area (Å²) in [4.78, 5) is 16.7. The van der Waals surface area contributed by atoms with E-state index in [0.29, 0.717) is 11.7 Å². The van der Waals surface area contributed by atoms with E-state index < -0.39 is 0 Å². The largest absolute Gasteiger partial charge is 0.399 e. The zero-order chi connectivity index (χ0) is 14.0. The van der Waals surface area contributed by atoms with E-state index in [-0.39, 0.29) is 5.91 Å². The number of likely N-dealkylation sites (tertiary alicyclic amines) is 1. The van der Waals surface area contributed by atoms with E-state index >= 15 is 0 Å². The molecule has 0 saturated carbocycles. The highest BCUT2D eigenvalue weighted by Crippen LogP contribution is 2.19. The molecule has 0 aromatic heterocycles. The van der Waals surface area contributed by atoms with Crippen molar-refractivity contribution < 1.29 is 4.79 Å². The van der Waals surface area contributed by atoms with Gasteiger partial charge >= 0.3 is 0 Å². The first-order valence-corrected chi connectivity index (χ1v) is 6.81. The standard InChI is InChI=1S/C15H23N3O/c1-11-10-12(16)4-5-14(11)15(19)18(3)13-6-8-17(2)9-7-13/h4-5,10,13H,6-9,16H2,1-3H3. The van der Waals surface area contributed by atoms with Gasteiger partial charge in [0, 0.05) is 24.3 Å². The predicted molar refractivity (Wildman–Crippen MR) is 78.2 cm³/mol. The fourth-order valence-electron chi connectivity index (χ4n) is 2.66. The van der Waals surface area contributed by atoms with E-state index in [4.69, 9.17) is 5.73 Å². The summed E-state index contributed by atoms with van der Waals surface area (Å²) in [7, 11) is 4.04. The first-order chi connectivity index (χ1) is 8.99. The van der Waals surface area contributed by atoms with Gasteiger partial charge in [-0.05, 0) is 63.7 Å². The number of rotatable bonds is 2. The van der Waals surface area contributed by atoms with Gasteiger partial charge in [0.25, 0.3) is 5.91 Å². The molecule has 0 radical (unpaired) electrons. The second-order valence-corrected chi connectivity index (χ2v) is 5.52. The molecule has 19 heavy (non-hydrogen) atoms. The minimum Gasteiger partial charge on any atom is -0.399 e. The van der Waals surface area contributed by atoms with Crippen LogP contribution in [0.2, 0.25) is 0 Å². The number of anilines is 1. The summed E-state index contributed by atoms with van der Waals surface area (Å²) in [6.45, 7) is 4.05. The Morgan fingerprint density at radius 3 is 2.58 bits per heavy atom. The van der Waals surface area contributed by atoms with Crippen molar-refractivity contribution in [1.82, 2.24) is 9.80 Å². The molecule has 0 bridgehead atoms. The number of aryl methyl sites for hydroxylation is 1. The molecule has 4 nitrogen and oxygen atoms in total. The minimum atomic E-state index is 0.104. The summed E-state index contributed by atoms with van der Waals surface area (Å²) in [6, 6.07) is 5.83. The second-order valence-electron chi connectivity index (χ2n) is 5.52. The van der Waals surface area contributed by atoms with Gasteiger partial charge in [0.05, 0.1) is 0 Å². The molecular weight excluding hydrogens is 238 g/mol. The highest BCUT2D eigenvalue weighted by atomic mass is 16.2. The third-order valence-corrected chi connectivity index (χ3v) is 4.04. The van der Waals surface area contributed by atoms with Crippen LogP contribution in [0.3, 0.4) is 0 Å². The SMILES string of the molecule is Cc1cc(N)ccc1C(=O)N(C)C1CCN(C)CC1. The van der Waals surface area contributed by atoms with Crippen LogP contribution in [0.5, 0.6) is 0 Å². The number of hydrogen-bond acceptors (Lipinski definition) is 3. The summed E-state index contributed by atoms with van der Waals surface area (Å²) >= 11 is 0. The van der Waals surface area contributed by atoms with Crippen molar-refractivity contribution in [3.8, 4) is 0 Å². The predicted octanol–water partition coefficient (Wildman–Crippen LogP) is 1.74. The number of nitrogens with zero attached hydrogens (tertiary/aromatic N) is 2. The Bertz CT molecular complexity index is 464. The van der Waals surface area contributed by atoms with Crippen LogP contribution in [-0.2, 0) is 0 Å². The van der Waals surface area contributed by atoms with Crippen molar-refractivity contribution in [2.75, 3.05) is 32.9 Å². The maximum Gasteiger partial charge on any atom is 0.254 e. The molecule has 1 fully saturated rings. The molecule has 1 saturated heterocycles. The quantitative estimate of drug-likeness (QED) is 0.825. The van der Waals surface area contributed by atoms with Gasteiger partial charge in [0.2, 0.25) is 0 Å². The van der Waals surface area contributed by atoms with Crippen molar-refractivity contribution >= 4 is 11.6 Å². The first-order valence-electron chi connectivity index (χ1n) is 6.81. The third-order valence-electron chi connectivity index (χ3n) is 4.04. The molecule has 104 valence electrons. The molecule has 1 amide bonds. The molecular formula is C15H23N3O. The number of nitrogen functional groups attached to an aromatic ring is 1. The molecule has 0 atom stereocenters. The molecule has 1 aromatic carbocycles. The molecule has 1 aliphatic heterocycles. The zero-order valence-corrected chi connectivity index (χ0v) is 12.0. The van der Waals surface area contributed by atoms with E-state index in [0.717, 1.165) is 37.1 Å². The van der Waals surface area contributed by atoms with Crippen LogP contribution in [-0.4, -0.2) is 48.9 Å². The Morgan fingerprint density at radius 1 is 1.37 bits per heavy atom. The van der Waals surface area contributed by atoms with Gasteiger partial charge in [0.1, 0.15) is 0 Å². The lowest BCUT2D eigenvalue weighted by atomic mass is 10.0. The highest BCUT2D eigenvalue weighted by Gasteiger charge is 2.25. The van der Waals surface area contributed by atoms with Crippen LogP contribution < -0.4 is 5.73 Å². The molecule has 1 aliphatic rings. The van der Waals surface area contributed by atoms with Crippen molar-refractivity contribution in [2.45, 2.75) is 25.8 Å². The van der Waals surface area contributed by atoms with Gasteiger partial charge in [-0.25, -0.2) is 0 Å². The van der Waals surface area contributed by atoms with Crippen LogP contribution in [0.25, 0.3) is 0 Å². The number of nitrogens with two attached hydrogens (primary N) is 1. The van der Waals surface area contributed by atoms with Gasteiger partial charge in [-0.15, -0.1) is 0 Å². The summed E-state index contributed by atoms with van der Waals surface area (Å²) in [5, 5.41) is 0. The average molecular weight is 261 g/mol. The molecule has 2 rings (SSSR count). The zero-order valence-electron chi connectivity index (χ0n) is 12.0. The maximum absolute atomic E-state index is 12.5. The molecule has 0 spiro atoms. The Balaban J connectivity index is 2.10. The summed E-state index contributed by atoms with van der Waals surface area (Å²) in [5.41, 5.74) is 8.14. The van der Waals surface area contributed by atoms with Gasteiger partial charge in [-0.2, -0.15) is 0 Å². The highest BCUT2D eigenvalue weighted by molar-refractivity contribution is 5.96.